The number of aromatic nitrogens is 1. The molecule has 0 saturated carbocycles. The molecule has 1 unspecified atom stereocenters. The van der Waals surface area contributed by atoms with Gasteiger partial charge in [0.2, 0.25) is 0 Å². The lowest BCUT2D eigenvalue weighted by molar-refractivity contribution is 0.329. The molecule has 2 rings (SSSR count). The zero-order chi connectivity index (χ0) is 14.2. The van der Waals surface area contributed by atoms with Crippen molar-refractivity contribution in [2.24, 2.45) is 11.1 Å². The van der Waals surface area contributed by atoms with Crippen molar-refractivity contribution in [2.45, 2.75) is 39.7 Å². The largest absolute Gasteiger partial charge is 0.439 e. The van der Waals surface area contributed by atoms with Crippen LogP contribution in [0.4, 0.5) is 0 Å². The van der Waals surface area contributed by atoms with Crippen molar-refractivity contribution in [2.75, 3.05) is 0 Å². The number of hydrogen-bond donors (Lipinski definition) is 1. The van der Waals surface area contributed by atoms with Crippen LogP contribution in [0.5, 0.6) is 0 Å². The Balaban J connectivity index is 2.20. The quantitative estimate of drug-likeness (QED) is 0.911. The van der Waals surface area contributed by atoms with E-state index in [2.05, 4.69) is 25.8 Å². The molecule has 1 heterocycles. The maximum absolute atomic E-state index is 6.12. The van der Waals surface area contributed by atoms with Crippen molar-refractivity contribution in [1.29, 1.82) is 0 Å². The predicted molar refractivity (Wildman–Crippen MR) is 79.8 cm³/mol. The van der Waals surface area contributed by atoms with Crippen LogP contribution < -0.4 is 5.73 Å². The molecule has 3 nitrogen and oxygen atoms in total. The smallest absolute Gasteiger partial charge is 0.197 e. The zero-order valence-electron chi connectivity index (χ0n) is 11.3. The summed E-state index contributed by atoms with van der Waals surface area (Å²) < 4.78 is 5.66. The summed E-state index contributed by atoms with van der Waals surface area (Å²) in [5, 5.41) is 1.03. The molecule has 2 aromatic rings. The Hall–Kier alpha value is -0.770. The molecule has 0 bridgehead atoms. The maximum Gasteiger partial charge on any atom is 0.197 e. The molecule has 0 spiro atoms. The minimum atomic E-state index is 0.0160. The summed E-state index contributed by atoms with van der Waals surface area (Å²) >= 11 is 12.0. The molecule has 104 valence electrons. The molecular weight excluding hydrogens is 283 g/mol. The summed E-state index contributed by atoms with van der Waals surface area (Å²) in [5.41, 5.74) is 7.56. The van der Waals surface area contributed by atoms with Gasteiger partial charge in [0.1, 0.15) is 5.52 Å². The van der Waals surface area contributed by atoms with Crippen LogP contribution in [0.1, 0.15) is 33.1 Å². The van der Waals surface area contributed by atoms with Gasteiger partial charge in [0, 0.05) is 17.5 Å². The van der Waals surface area contributed by atoms with Gasteiger partial charge in [0.25, 0.3) is 0 Å². The number of fused-ring (bicyclic) bond motifs is 1. The molecule has 1 atom stereocenters. The Morgan fingerprint density at radius 3 is 2.63 bits per heavy atom. The van der Waals surface area contributed by atoms with Gasteiger partial charge in [0.05, 0.1) is 5.02 Å². The summed E-state index contributed by atoms with van der Waals surface area (Å²) in [6, 6.07) is 3.41. The second-order valence-electron chi connectivity index (χ2n) is 6.07. The first kappa shape index (κ1) is 14.6. The topological polar surface area (TPSA) is 52.0 Å². The third-order valence-corrected chi connectivity index (χ3v) is 3.26. The first-order chi connectivity index (χ1) is 8.74. The highest BCUT2D eigenvalue weighted by atomic mass is 35.5. The molecule has 0 saturated heterocycles. The van der Waals surface area contributed by atoms with Crippen LogP contribution in [0, 0.1) is 5.41 Å². The Morgan fingerprint density at radius 2 is 2.00 bits per heavy atom. The Kier molecular flexibility index (Phi) is 4.09. The molecule has 1 aromatic carbocycles. The van der Waals surface area contributed by atoms with Crippen LogP contribution in [-0.4, -0.2) is 11.0 Å². The highest BCUT2D eigenvalue weighted by Gasteiger charge is 2.19. The van der Waals surface area contributed by atoms with E-state index in [4.69, 9.17) is 33.4 Å². The second kappa shape index (κ2) is 5.31. The minimum Gasteiger partial charge on any atom is -0.439 e. The van der Waals surface area contributed by atoms with Gasteiger partial charge in [-0.15, -0.1) is 0 Å². The van der Waals surface area contributed by atoms with E-state index in [-0.39, 0.29) is 11.5 Å². The van der Waals surface area contributed by atoms with Crippen LogP contribution >= 0.6 is 23.2 Å². The fraction of sp³-hybridized carbons (Fsp3) is 0.500. The summed E-state index contributed by atoms with van der Waals surface area (Å²) in [7, 11) is 0. The van der Waals surface area contributed by atoms with Gasteiger partial charge in [-0.05, 0) is 24.0 Å². The lowest BCUT2D eigenvalue weighted by Crippen LogP contribution is -2.28. The molecule has 1 aromatic heterocycles. The normalized spacial score (nSPS) is 14.0. The van der Waals surface area contributed by atoms with E-state index >= 15 is 0 Å². The van der Waals surface area contributed by atoms with Crippen molar-refractivity contribution in [1.82, 2.24) is 4.98 Å². The number of hydrogen-bond acceptors (Lipinski definition) is 3. The Bertz CT molecular complexity index is 587. The molecule has 5 heteroatoms. The Labute approximate surface area is 123 Å². The van der Waals surface area contributed by atoms with Crippen molar-refractivity contribution in [3.63, 3.8) is 0 Å². The van der Waals surface area contributed by atoms with Crippen molar-refractivity contribution in [3.8, 4) is 0 Å². The van der Waals surface area contributed by atoms with E-state index in [0.29, 0.717) is 33.5 Å². The standard InChI is InChI=1S/C14H18Cl2N2O/c1-14(2,3)7-9(17)6-12-18-11-5-8(15)4-10(16)13(11)19-12/h4-5,9H,6-7,17H2,1-3H3. The van der Waals surface area contributed by atoms with Gasteiger partial charge in [-0.3, -0.25) is 0 Å². The number of rotatable bonds is 3. The number of nitrogens with two attached hydrogens (primary N) is 1. The number of nitrogens with zero attached hydrogens (tertiary/aromatic N) is 1. The molecule has 0 amide bonds. The van der Waals surface area contributed by atoms with E-state index in [0.717, 1.165) is 6.42 Å². The second-order valence-corrected chi connectivity index (χ2v) is 6.92. The highest BCUT2D eigenvalue weighted by Crippen LogP contribution is 2.29. The van der Waals surface area contributed by atoms with Crippen LogP contribution in [0.3, 0.4) is 0 Å². The third kappa shape index (κ3) is 3.85. The summed E-state index contributed by atoms with van der Waals surface area (Å²) in [5.74, 6) is 0.607. The molecule has 0 fully saturated rings. The SMILES string of the molecule is CC(C)(C)CC(N)Cc1nc2cc(Cl)cc(Cl)c2o1. The average Bonchev–Trinajstić information content (AvgIpc) is 2.56. The minimum absolute atomic E-state index is 0.0160. The lowest BCUT2D eigenvalue weighted by atomic mass is 9.87. The summed E-state index contributed by atoms with van der Waals surface area (Å²) in [4.78, 5) is 4.39. The van der Waals surface area contributed by atoms with Crippen molar-refractivity contribution >= 4 is 34.3 Å². The monoisotopic (exact) mass is 300 g/mol. The predicted octanol–water partition coefficient (Wildman–Crippen LogP) is 4.44. The number of benzene rings is 1. The highest BCUT2D eigenvalue weighted by molar-refractivity contribution is 6.37. The molecule has 0 aliphatic heterocycles. The molecule has 0 aliphatic rings. The lowest BCUT2D eigenvalue weighted by Gasteiger charge is -2.22. The van der Waals surface area contributed by atoms with E-state index in [1.165, 1.54) is 0 Å². The van der Waals surface area contributed by atoms with E-state index in [9.17, 15) is 0 Å². The maximum atomic E-state index is 6.12. The average molecular weight is 301 g/mol. The van der Waals surface area contributed by atoms with Gasteiger partial charge in [-0.25, -0.2) is 4.98 Å². The van der Waals surface area contributed by atoms with Crippen LogP contribution in [0.2, 0.25) is 10.0 Å². The molecule has 19 heavy (non-hydrogen) atoms. The molecule has 0 radical (unpaired) electrons. The van der Waals surface area contributed by atoms with Crippen molar-refractivity contribution in [3.05, 3.63) is 28.1 Å². The van der Waals surface area contributed by atoms with E-state index < -0.39 is 0 Å². The van der Waals surface area contributed by atoms with Crippen molar-refractivity contribution < 1.29 is 4.42 Å². The van der Waals surface area contributed by atoms with Gasteiger partial charge < -0.3 is 10.2 Å². The van der Waals surface area contributed by atoms with Gasteiger partial charge >= 0.3 is 0 Å². The van der Waals surface area contributed by atoms with Gasteiger partial charge in [0.15, 0.2) is 11.5 Å². The number of halogens is 2. The fourth-order valence-corrected chi connectivity index (χ4v) is 2.70. The first-order valence-electron chi connectivity index (χ1n) is 6.25. The van der Waals surface area contributed by atoms with Gasteiger partial charge in [-0.1, -0.05) is 44.0 Å². The Morgan fingerprint density at radius 1 is 1.32 bits per heavy atom. The van der Waals surface area contributed by atoms with E-state index in [1.54, 1.807) is 12.1 Å². The molecule has 2 N–H and O–H groups in total. The van der Waals surface area contributed by atoms with Gasteiger partial charge in [-0.2, -0.15) is 0 Å². The first-order valence-corrected chi connectivity index (χ1v) is 7.00. The molecule has 0 aliphatic carbocycles. The number of oxazole rings is 1. The zero-order valence-corrected chi connectivity index (χ0v) is 12.8. The van der Waals surface area contributed by atoms with Crippen LogP contribution in [-0.2, 0) is 6.42 Å². The van der Waals surface area contributed by atoms with E-state index in [1.807, 2.05) is 0 Å². The fourth-order valence-electron chi connectivity index (χ4n) is 2.18. The van der Waals surface area contributed by atoms with Crippen LogP contribution in [0.15, 0.2) is 16.5 Å². The summed E-state index contributed by atoms with van der Waals surface area (Å²) in [6.07, 6.45) is 1.50. The molecular formula is C14H18Cl2N2O. The van der Waals surface area contributed by atoms with Crippen LogP contribution in [0.25, 0.3) is 11.1 Å². The third-order valence-electron chi connectivity index (χ3n) is 2.77. The summed E-state index contributed by atoms with van der Waals surface area (Å²) in [6.45, 7) is 6.49.